The average molecular weight is 329 g/mol. The normalized spacial score (nSPS) is 18.1. The summed E-state index contributed by atoms with van der Waals surface area (Å²) in [5, 5.41) is 3.44. The van der Waals surface area contributed by atoms with Crippen molar-refractivity contribution in [3.05, 3.63) is 64.0 Å². The Balaban J connectivity index is 1.86. The molecule has 0 radical (unpaired) electrons. The zero-order valence-corrected chi connectivity index (χ0v) is 12.4. The second kappa shape index (κ2) is 4.72. The molecule has 1 atom stereocenters. The van der Waals surface area contributed by atoms with Crippen molar-refractivity contribution < 1.29 is 4.42 Å². The molecule has 100 valence electrons. The third-order valence-corrected chi connectivity index (χ3v) is 4.40. The Morgan fingerprint density at radius 3 is 2.95 bits per heavy atom. The predicted molar refractivity (Wildman–Crippen MR) is 81.7 cm³/mol. The molecular weight excluding hydrogens is 316 g/mol. The summed E-state index contributed by atoms with van der Waals surface area (Å²) < 4.78 is 6.95. The third kappa shape index (κ3) is 1.87. The highest BCUT2D eigenvalue weighted by Crippen LogP contribution is 2.33. The summed E-state index contributed by atoms with van der Waals surface area (Å²) in [4.78, 5) is 4.66. The van der Waals surface area contributed by atoms with Crippen LogP contribution in [0.5, 0.6) is 0 Å². The molecule has 0 spiro atoms. The fourth-order valence-corrected chi connectivity index (χ4v) is 3.23. The standard InChI is InChI=1S/C16H13BrN2O/c17-13-6-3-7-14-15(13)20-16(19-14)12-9-18-8-10-4-1-2-5-11(10)12/h1-7,12,18H,8-9H2. The van der Waals surface area contributed by atoms with Gasteiger partial charge in [-0.15, -0.1) is 0 Å². The first-order valence-corrected chi connectivity index (χ1v) is 7.46. The van der Waals surface area contributed by atoms with Gasteiger partial charge in [0.25, 0.3) is 0 Å². The Morgan fingerprint density at radius 1 is 1.15 bits per heavy atom. The van der Waals surface area contributed by atoms with E-state index >= 15 is 0 Å². The Hall–Kier alpha value is -1.65. The van der Waals surface area contributed by atoms with Gasteiger partial charge in [-0.3, -0.25) is 0 Å². The van der Waals surface area contributed by atoms with Crippen molar-refractivity contribution in [1.82, 2.24) is 10.3 Å². The summed E-state index contributed by atoms with van der Waals surface area (Å²) in [6.45, 7) is 1.78. The highest BCUT2D eigenvalue weighted by molar-refractivity contribution is 9.10. The van der Waals surface area contributed by atoms with Gasteiger partial charge in [-0.2, -0.15) is 0 Å². The van der Waals surface area contributed by atoms with Crippen molar-refractivity contribution in [3.63, 3.8) is 0 Å². The van der Waals surface area contributed by atoms with E-state index in [4.69, 9.17) is 4.42 Å². The summed E-state index contributed by atoms with van der Waals surface area (Å²) >= 11 is 3.52. The van der Waals surface area contributed by atoms with Crippen molar-refractivity contribution in [2.45, 2.75) is 12.5 Å². The van der Waals surface area contributed by atoms with E-state index in [1.807, 2.05) is 18.2 Å². The van der Waals surface area contributed by atoms with Crippen molar-refractivity contribution >= 4 is 27.0 Å². The van der Waals surface area contributed by atoms with E-state index in [2.05, 4.69) is 50.5 Å². The molecule has 1 aromatic heterocycles. The van der Waals surface area contributed by atoms with Gasteiger partial charge in [-0.1, -0.05) is 30.3 Å². The van der Waals surface area contributed by atoms with Crippen LogP contribution in [0.2, 0.25) is 0 Å². The van der Waals surface area contributed by atoms with Gasteiger partial charge < -0.3 is 9.73 Å². The molecule has 3 nitrogen and oxygen atoms in total. The molecule has 0 aliphatic carbocycles. The molecule has 0 saturated heterocycles. The SMILES string of the molecule is Brc1cccc2nc(C3CNCc4ccccc43)oc12. The summed E-state index contributed by atoms with van der Waals surface area (Å²) in [6, 6.07) is 14.4. The number of rotatable bonds is 1. The van der Waals surface area contributed by atoms with Gasteiger partial charge in [0, 0.05) is 13.1 Å². The Kier molecular flexibility index (Phi) is 2.86. The smallest absolute Gasteiger partial charge is 0.204 e. The van der Waals surface area contributed by atoms with Crippen molar-refractivity contribution in [1.29, 1.82) is 0 Å². The van der Waals surface area contributed by atoms with Crippen LogP contribution in [0.15, 0.2) is 51.4 Å². The number of benzene rings is 2. The molecule has 1 unspecified atom stereocenters. The Morgan fingerprint density at radius 2 is 2.05 bits per heavy atom. The van der Waals surface area contributed by atoms with E-state index in [0.717, 1.165) is 34.6 Å². The number of nitrogens with one attached hydrogen (secondary N) is 1. The topological polar surface area (TPSA) is 38.1 Å². The van der Waals surface area contributed by atoms with E-state index in [0.29, 0.717) is 0 Å². The number of para-hydroxylation sites is 1. The number of hydrogen-bond donors (Lipinski definition) is 1. The predicted octanol–water partition coefficient (Wildman–Crippen LogP) is 3.83. The Bertz CT molecular complexity index is 781. The molecule has 20 heavy (non-hydrogen) atoms. The summed E-state index contributed by atoms with van der Waals surface area (Å²) in [6.07, 6.45) is 0. The molecule has 0 fully saturated rings. The molecule has 1 N–H and O–H groups in total. The zero-order valence-electron chi connectivity index (χ0n) is 10.8. The highest BCUT2D eigenvalue weighted by atomic mass is 79.9. The first-order chi connectivity index (χ1) is 9.83. The first-order valence-electron chi connectivity index (χ1n) is 6.66. The maximum atomic E-state index is 6.00. The Labute approximate surface area is 125 Å². The minimum absolute atomic E-state index is 0.180. The van der Waals surface area contributed by atoms with Crippen LogP contribution in [0.3, 0.4) is 0 Å². The molecule has 2 aromatic carbocycles. The van der Waals surface area contributed by atoms with Crippen molar-refractivity contribution in [3.8, 4) is 0 Å². The number of fused-ring (bicyclic) bond motifs is 2. The van der Waals surface area contributed by atoms with Gasteiger partial charge >= 0.3 is 0 Å². The summed E-state index contributed by atoms with van der Waals surface area (Å²) in [7, 11) is 0. The third-order valence-electron chi connectivity index (χ3n) is 3.78. The van der Waals surface area contributed by atoms with E-state index in [-0.39, 0.29) is 5.92 Å². The first kappa shape index (κ1) is 12.1. The van der Waals surface area contributed by atoms with Crippen molar-refractivity contribution in [2.24, 2.45) is 0 Å². The quantitative estimate of drug-likeness (QED) is 0.737. The molecule has 0 amide bonds. The van der Waals surface area contributed by atoms with Crippen LogP contribution in [-0.4, -0.2) is 11.5 Å². The number of nitrogens with zero attached hydrogens (tertiary/aromatic N) is 1. The molecular formula is C16H13BrN2O. The highest BCUT2D eigenvalue weighted by Gasteiger charge is 2.25. The number of aromatic nitrogens is 1. The van der Waals surface area contributed by atoms with Crippen LogP contribution in [0.1, 0.15) is 22.9 Å². The number of halogens is 1. The number of hydrogen-bond acceptors (Lipinski definition) is 3. The maximum Gasteiger partial charge on any atom is 0.204 e. The van der Waals surface area contributed by atoms with Crippen LogP contribution < -0.4 is 5.32 Å². The van der Waals surface area contributed by atoms with E-state index in [9.17, 15) is 0 Å². The van der Waals surface area contributed by atoms with Crippen molar-refractivity contribution in [2.75, 3.05) is 6.54 Å². The monoisotopic (exact) mass is 328 g/mol. The largest absolute Gasteiger partial charge is 0.439 e. The van der Waals surface area contributed by atoms with Crippen LogP contribution in [-0.2, 0) is 6.54 Å². The van der Waals surface area contributed by atoms with Crippen LogP contribution in [0.4, 0.5) is 0 Å². The lowest BCUT2D eigenvalue weighted by molar-refractivity contribution is 0.464. The zero-order chi connectivity index (χ0) is 13.5. The fraction of sp³-hybridized carbons (Fsp3) is 0.188. The molecule has 1 aliphatic rings. The molecule has 2 heterocycles. The lowest BCUT2D eigenvalue weighted by atomic mass is 9.91. The molecule has 3 aromatic rings. The van der Waals surface area contributed by atoms with Crippen LogP contribution >= 0.6 is 15.9 Å². The van der Waals surface area contributed by atoms with Gasteiger partial charge in [-0.05, 0) is 39.2 Å². The van der Waals surface area contributed by atoms with Gasteiger partial charge in [0.1, 0.15) is 5.52 Å². The molecule has 0 saturated carbocycles. The lowest BCUT2D eigenvalue weighted by Crippen LogP contribution is -2.28. The fourth-order valence-electron chi connectivity index (χ4n) is 2.80. The number of oxazole rings is 1. The van der Waals surface area contributed by atoms with Gasteiger partial charge in [0.05, 0.1) is 10.4 Å². The second-order valence-corrected chi connectivity index (χ2v) is 5.88. The second-order valence-electron chi connectivity index (χ2n) is 5.02. The minimum atomic E-state index is 0.180. The molecule has 1 aliphatic heterocycles. The van der Waals surface area contributed by atoms with Crippen LogP contribution in [0, 0.1) is 0 Å². The van der Waals surface area contributed by atoms with E-state index in [1.54, 1.807) is 0 Å². The van der Waals surface area contributed by atoms with Gasteiger partial charge in [-0.25, -0.2) is 4.98 Å². The molecule has 4 heteroatoms. The average Bonchev–Trinajstić information content (AvgIpc) is 2.92. The molecule has 0 bridgehead atoms. The summed E-state index contributed by atoms with van der Waals surface area (Å²) in [5.74, 6) is 0.964. The summed E-state index contributed by atoms with van der Waals surface area (Å²) in [5.41, 5.74) is 4.36. The lowest BCUT2D eigenvalue weighted by Gasteiger charge is -2.23. The van der Waals surface area contributed by atoms with Crippen LogP contribution in [0.25, 0.3) is 11.1 Å². The molecule has 4 rings (SSSR count). The minimum Gasteiger partial charge on any atom is -0.439 e. The maximum absolute atomic E-state index is 6.00. The van der Waals surface area contributed by atoms with Gasteiger partial charge in [0.15, 0.2) is 5.58 Å². The van der Waals surface area contributed by atoms with E-state index in [1.165, 1.54) is 11.1 Å². The van der Waals surface area contributed by atoms with Gasteiger partial charge in [0.2, 0.25) is 5.89 Å². The van der Waals surface area contributed by atoms with E-state index < -0.39 is 0 Å².